The van der Waals surface area contributed by atoms with Gasteiger partial charge < -0.3 is 0 Å². The van der Waals surface area contributed by atoms with E-state index < -0.39 is 0 Å². The molecule has 3 aromatic rings. The van der Waals surface area contributed by atoms with Crippen molar-refractivity contribution in [3.8, 4) is 0 Å². The molecule has 0 aliphatic carbocycles. The zero-order chi connectivity index (χ0) is 13.2. The van der Waals surface area contributed by atoms with E-state index in [0.29, 0.717) is 16.3 Å². The molecule has 0 fully saturated rings. The van der Waals surface area contributed by atoms with Crippen LogP contribution in [0.25, 0.3) is 10.8 Å². The fourth-order valence-electron chi connectivity index (χ4n) is 1.96. The molecule has 0 atom stereocenters. The summed E-state index contributed by atoms with van der Waals surface area (Å²) in [6.45, 7) is 0. The maximum Gasteiger partial charge on any atom is 0.212 e. The number of nitrogens with zero attached hydrogens (tertiary/aromatic N) is 2. The summed E-state index contributed by atoms with van der Waals surface area (Å²) in [5.74, 6) is -0.129. The van der Waals surface area contributed by atoms with Crippen LogP contribution >= 0.6 is 11.6 Å². The van der Waals surface area contributed by atoms with Gasteiger partial charge >= 0.3 is 0 Å². The van der Waals surface area contributed by atoms with Crippen LogP contribution in [0.15, 0.2) is 55.0 Å². The third-order valence-electron chi connectivity index (χ3n) is 2.89. The van der Waals surface area contributed by atoms with E-state index >= 15 is 0 Å². The van der Waals surface area contributed by atoms with Gasteiger partial charge in [-0.15, -0.1) is 0 Å². The Bertz CT molecular complexity index is 748. The van der Waals surface area contributed by atoms with Crippen LogP contribution in [-0.4, -0.2) is 15.8 Å². The Balaban J connectivity index is 2.14. The average molecular weight is 269 g/mol. The molecule has 2 heterocycles. The molecule has 0 aliphatic heterocycles. The van der Waals surface area contributed by atoms with Gasteiger partial charge in [0.15, 0.2) is 0 Å². The lowest BCUT2D eigenvalue weighted by Crippen LogP contribution is -2.04. The number of rotatable bonds is 2. The van der Waals surface area contributed by atoms with Gasteiger partial charge in [-0.05, 0) is 23.6 Å². The van der Waals surface area contributed by atoms with E-state index in [2.05, 4.69) is 9.97 Å². The van der Waals surface area contributed by atoms with Crippen molar-refractivity contribution in [1.82, 2.24) is 9.97 Å². The Morgan fingerprint density at radius 2 is 1.95 bits per heavy atom. The maximum atomic E-state index is 12.4. The average Bonchev–Trinajstić information content (AvgIpc) is 2.47. The Labute approximate surface area is 114 Å². The van der Waals surface area contributed by atoms with E-state index in [1.807, 2.05) is 18.2 Å². The van der Waals surface area contributed by atoms with Crippen LogP contribution in [-0.2, 0) is 0 Å². The van der Waals surface area contributed by atoms with Gasteiger partial charge in [0.2, 0.25) is 5.78 Å². The van der Waals surface area contributed by atoms with Gasteiger partial charge in [-0.1, -0.05) is 29.8 Å². The summed E-state index contributed by atoms with van der Waals surface area (Å²) in [7, 11) is 0. The van der Waals surface area contributed by atoms with Crippen LogP contribution in [0.1, 0.15) is 16.1 Å². The van der Waals surface area contributed by atoms with E-state index in [4.69, 9.17) is 11.6 Å². The first-order valence-electron chi connectivity index (χ1n) is 5.75. The third kappa shape index (κ3) is 2.20. The van der Waals surface area contributed by atoms with Crippen LogP contribution in [0.5, 0.6) is 0 Å². The number of halogens is 1. The first-order chi connectivity index (χ1) is 9.25. The van der Waals surface area contributed by atoms with E-state index in [9.17, 15) is 4.79 Å². The fourth-order valence-corrected chi connectivity index (χ4v) is 2.07. The first kappa shape index (κ1) is 11.8. The number of carbonyl (C=O) groups is 1. The number of pyridine rings is 2. The topological polar surface area (TPSA) is 42.9 Å². The predicted molar refractivity (Wildman–Crippen MR) is 74.4 cm³/mol. The Kier molecular flexibility index (Phi) is 2.97. The smallest absolute Gasteiger partial charge is 0.212 e. The zero-order valence-corrected chi connectivity index (χ0v) is 10.6. The zero-order valence-electron chi connectivity index (χ0n) is 9.88. The van der Waals surface area contributed by atoms with Crippen LogP contribution in [0.3, 0.4) is 0 Å². The molecule has 0 amide bonds. The molecule has 0 spiro atoms. The molecule has 0 saturated heterocycles. The quantitative estimate of drug-likeness (QED) is 0.668. The Hall–Kier alpha value is -2.26. The number of ketones is 1. The van der Waals surface area contributed by atoms with Crippen molar-refractivity contribution in [3.05, 3.63) is 71.3 Å². The number of fused-ring (bicyclic) bond motifs is 1. The Morgan fingerprint density at radius 1 is 1.05 bits per heavy atom. The van der Waals surface area contributed by atoms with Crippen LogP contribution in [0.4, 0.5) is 0 Å². The molecule has 0 saturated carbocycles. The molecule has 19 heavy (non-hydrogen) atoms. The lowest BCUT2D eigenvalue weighted by molar-refractivity contribution is 0.103. The summed E-state index contributed by atoms with van der Waals surface area (Å²) in [6.07, 6.45) is 4.87. The summed E-state index contributed by atoms with van der Waals surface area (Å²) in [5.41, 5.74) is 0.973. The second-order valence-corrected chi connectivity index (χ2v) is 4.53. The molecular weight excluding hydrogens is 260 g/mol. The van der Waals surface area contributed by atoms with Crippen molar-refractivity contribution in [3.63, 3.8) is 0 Å². The molecule has 0 N–H and O–H groups in total. The Morgan fingerprint density at radius 3 is 2.74 bits per heavy atom. The van der Waals surface area contributed by atoms with Crippen molar-refractivity contribution >= 4 is 28.2 Å². The SMILES string of the molecule is O=C(c1ccc(Cl)cn1)c1cccc2ccncc12. The van der Waals surface area contributed by atoms with E-state index in [1.165, 1.54) is 6.20 Å². The number of hydrogen-bond donors (Lipinski definition) is 0. The minimum absolute atomic E-state index is 0.129. The molecule has 0 bridgehead atoms. The van der Waals surface area contributed by atoms with Crippen LogP contribution in [0, 0.1) is 0 Å². The first-order valence-corrected chi connectivity index (χ1v) is 6.12. The molecule has 4 heteroatoms. The van der Waals surface area contributed by atoms with Crippen molar-refractivity contribution in [1.29, 1.82) is 0 Å². The highest BCUT2D eigenvalue weighted by Gasteiger charge is 2.13. The maximum absolute atomic E-state index is 12.4. The summed E-state index contributed by atoms with van der Waals surface area (Å²) in [6, 6.07) is 10.7. The molecule has 0 radical (unpaired) electrons. The normalized spacial score (nSPS) is 10.6. The van der Waals surface area contributed by atoms with E-state index in [0.717, 1.165) is 10.8 Å². The minimum atomic E-state index is -0.129. The highest BCUT2D eigenvalue weighted by molar-refractivity contribution is 6.30. The molecule has 0 aliphatic rings. The number of aromatic nitrogens is 2. The lowest BCUT2D eigenvalue weighted by Gasteiger charge is -2.04. The van der Waals surface area contributed by atoms with Gasteiger partial charge in [0.05, 0.1) is 5.02 Å². The molecular formula is C15H9ClN2O. The van der Waals surface area contributed by atoms with Crippen molar-refractivity contribution < 1.29 is 4.79 Å². The summed E-state index contributed by atoms with van der Waals surface area (Å²) >= 11 is 5.77. The standard InChI is InChI=1S/C15H9ClN2O/c16-11-4-5-14(18-8-11)15(19)12-3-1-2-10-6-7-17-9-13(10)12/h1-9H. The van der Waals surface area contributed by atoms with Crippen LogP contribution in [0.2, 0.25) is 5.02 Å². The third-order valence-corrected chi connectivity index (χ3v) is 3.11. The second kappa shape index (κ2) is 4.78. The van der Waals surface area contributed by atoms with Gasteiger partial charge in [0, 0.05) is 29.5 Å². The number of hydrogen-bond acceptors (Lipinski definition) is 3. The summed E-state index contributed by atoms with van der Waals surface area (Å²) in [4.78, 5) is 20.6. The molecule has 1 aromatic carbocycles. The van der Waals surface area contributed by atoms with E-state index in [1.54, 1.807) is 30.6 Å². The van der Waals surface area contributed by atoms with Gasteiger partial charge in [0.25, 0.3) is 0 Å². The molecule has 0 unspecified atom stereocenters. The largest absolute Gasteiger partial charge is 0.287 e. The van der Waals surface area contributed by atoms with Crippen molar-refractivity contribution in [2.75, 3.05) is 0 Å². The van der Waals surface area contributed by atoms with E-state index in [-0.39, 0.29) is 5.78 Å². The monoisotopic (exact) mass is 268 g/mol. The summed E-state index contributed by atoms with van der Waals surface area (Å²) in [5, 5.41) is 2.32. The minimum Gasteiger partial charge on any atom is -0.287 e. The van der Waals surface area contributed by atoms with Crippen LogP contribution < -0.4 is 0 Å². The molecule has 3 rings (SSSR count). The van der Waals surface area contributed by atoms with Gasteiger partial charge in [-0.3, -0.25) is 14.8 Å². The number of carbonyl (C=O) groups excluding carboxylic acids is 1. The molecule has 2 aromatic heterocycles. The van der Waals surface area contributed by atoms with Gasteiger partial charge in [0.1, 0.15) is 5.69 Å². The fraction of sp³-hybridized carbons (Fsp3) is 0. The number of benzene rings is 1. The van der Waals surface area contributed by atoms with Crippen molar-refractivity contribution in [2.24, 2.45) is 0 Å². The lowest BCUT2D eigenvalue weighted by atomic mass is 10.0. The van der Waals surface area contributed by atoms with Gasteiger partial charge in [-0.25, -0.2) is 0 Å². The van der Waals surface area contributed by atoms with Gasteiger partial charge in [-0.2, -0.15) is 0 Å². The highest BCUT2D eigenvalue weighted by Crippen LogP contribution is 2.20. The summed E-state index contributed by atoms with van der Waals surface area (Å²) < 4.78 is 0. The second-order valence-electron chi connectivity index (χ2n) is 4.09. The predicted octanol–water partition coefficient (Wildman–Crippen LogP) is 3.51. The highest BCUT2D eigenvalue weighted by atomic mass is 35.5. The molecule has 92 valence electrons. The molecule has 3 nitrogen and oxygen atoms in total. The van der Waals surface area contributed by atoms with Crippen molar-refractivity contribution in [2.45, 2.75) is 0 Å².